The van der Waals surface area contributed by atoms with Crippen molar-refractivity contribution in [3.05, 3.63) is 0 Å². The molecule has 1 fully saturated rings. The van der Waals surface area contributed by atoms with E-state index >= 15 is 0 Å². The Kier molecular flexibility index (Phi) is 8.48. The van der Waals surface area contributed by atoms with Crippen molar-refractivity contribution in [3.8, 4) is 0 Å². The molecule has 0 bridgehead atoms. The molecule has 1 rings (SSSR count). The Morgan fingerprint density at radius 3 is 1.88 bits per heavy atom. The number of rotatable bonds is 5. The third-order valence-electron chi connectivity index (χ3n) is 2.76. The molecular weight excluding hydrogens is 296 g/mol. The Morgan fingerprint density at radius 1 is 0.941 bits per heavy atom. The molecular formula is C10H21BrO6. The van der Waals surface area contributed by atoms with Gasteiger partial charge in [0.25, 0.3) is 0 Å². The van der Waals surface area contributed by atoms with Gasteiger partial charge in [-0.15, -0.1) is 17.0 Å². The van der Waals surface area contributed by atoms with E-state index < -0.39 is 12.4 Å². The molecule has 0 aromatic rings. The molecule has 1 aliphatic heterocycles. The summed E-state index contributed by atoms with van der Waals surface area (Å²) in [6, 6.07) is 0. The first-order valence-electron chi connectivity index (χ1n) is 5.10. The van der Waals surface area contributed by atoms with Crippen LogP contribution in [0.25, 0.3) is 0 Å². The maximum absolute atomic E-state index is 9.74. The minimum absolute atomic E-state index is 0. The van der Waals surface area contributed by atoms with E-state index in [1.807, 2.05) is 0 Å². The number of hydrogen-bond acceptors (Lipinski definition) is 6. The van der Waals surface area contributed by atoms with Crippen LogP contribution in [0.15, 0.2) is 0 Å². The summed E-state index contributed by atoms with van der Waals surface area (Å²) in [4.78, 5) is 0. The van der Waals surface area contributed by atoms with Gasteiger partial charge in [0.1, 0.15) is 24.4 Å². The molecule has 0 spiro atoms. The summed E-state index contributed by atoms with van der Waals surface area (Å²) in [5.41, 5.74) is 0. The molecule has 1 heterocycles. The second kappa shape index (κ2) is 8.36. The number of halogens is 1. The van der Waals surface area contributed by atoms with Gasteiger partial charge in [0.2, 0.25) is 0 Å². The normalized spacial score (nSPS) is 37.6. The van der Waals surface area contributed by atoms with E-state index in [-0.39, 0.29) is 35.3 Å². The maximum atomic E-state index is 9.74. The first-order chi connectivity index (χ1) is 7.69. The lowest BCUT2D eigenvalue weighted by Gasteiger charge is -2.42. The van der Waals surface area contributed by atoms with Gasteiger partial charge in [-0.1, -0.05) is 0 Å². The number of methoxy groups -OCH3 is 4. The maximum Gasteiger partial charge on any atom is 0.184 e. The zero-order valence-corrected chi connectivity index (χ0v) is 12.2. The van der Waals surface area contributed by atoms with Crippen LogP contribution in [0.5, 0.6) is 0 Å². The van der Waals surface area contributed by atoms with Gasteiger partial charge in [-0.3, -0.25) is 0 Å². The van der Waals surface area contributed by atoms with Crippen LogP contribution < -0.4 is 0 Å². The van der Waals surface area contributed by atoms with E-state index in [1.54, 1.807) is 21.3 Å². The van der Waals surface area contributed by atoms with E-state index in [9.17, 15) is 5.11 Å². The van der Waals surface area contributed by atoms with Crippen molar-refractivity contribution in [2.24, 2.45) is 0 Å². The monoisotopic (exact) mass is 316 g/mol. The summed E-state index contributed by atoms with van der Waals surface area (Å²) in [6.45, 7) is 0.325. The average molecular weight is 317 g/mol. The highest BCUT2D eigenvalue weighted by molar-refractivity contribution is 8.93. The third-order valence-corrected chi connectivity index (χ3v) is 2.76. The van der Waals surface area contributed by atoms with Crippen LogP contribution >= 0.6 is 17.0 Å². The lowest BCUT2D eigenvalue weighted by Crippen LogP contribution is -2.60. The Labute approximate surface area is 112 Å². The molecule has 0 amide bonds. The molecule has 5 atom stereocenters. The van der Waals surface area contributed by atoms with Gasteiger partial charge in [-0.25, -0.2) is 0 Å². The zero-order chi connectivity index (χ0) is 12.1. The first-order valence-corrected chi connectivity index (χ1v) is 5.10. The van der Waals surface area contributed by atoms with Crippen LogP contribution in [0.2, 0.25) is 0 Å². The molecule has 1 saturated heterocycles. The van der Waals surface area contributed by atoms with E-state index in [0.29, 0.717) is 6.61 Å². The first kappa shape index (κ1) is 17.2. The van der Waals surface area contributed by atoms with Gasteiger partial charge in [0, 0.05) is 28.4 Å². The van der Waals surface area contributed by atoms with E-state index in [2.05, 4.69) is 0 Å². The van der Waals surface area contributed by atoms with Crippen molar-refractivity contribution >= 4 is 17.0 Å². The van der Waals surface area contributed by atoms with Gasteiger partial charge < -0.3 is 28.8 Å². The standard InChI is InChI=1S/C10H20O6.BrH/c1-12-5-6-7(13-2)8(14-3)9(15-4)10(11)16-6;/h6-11H,5H2,1-4H3;1H/t6-,7-,8+,9-,10?;/m1./s1. The van der Waals surface area contributed by atoms with Crippen LogP contribution in [-0.2, 0) is 23.7 Å². The molecule has 1 unspecified atom stereocenters. The lowest BCUT2D eigenvalue weighted by molar-refractivity contribution is -0.300. The van der Waals surface area contributed by atoms with Gasteiger partial charge >= 0.3 is 0 Å². The Balaban J connectivity index is 0.00000256. The number of aliphatic hydroxyl groups excluding tert-OH is 1. The van der Waals surface area contributed by atoms with E-state index in [4.69, 9.17) is 23.7 Å². The summed E-state index contributed by atoms with van der Waals surface area (Å²) in [5.74, 6) is 0. The van der Waals surface area contributed by atoms with Crippen LogP contribution in [0.4, 0.5) is 0 Å². The number of ether oxygens (including phenoxy) is 5. The molecule has 0 aromatic heterocycles. The fourth-order valence-corrected chi connectivity index (χ4v) is 2.00. The Bertz CT molecular complexity index is 205. The summed E-state index contributed by atoms with van der Waals surface area (Å²) in [7, 11) is 6.16. The fourth-order valence-electron chi connectivity index (χ4n) is 2.00. The summed E-state index contributed by atoms with van der Waals surface area (Å²) < 4.78 is 26.1. The average Bonchev–Trinajstić information content (AvgIpc) is 2.28. The van der Waals surface area contributed by atoms with Crippen molar-refractivity contribution in [2.45, 2.75) is 30.7 Å². The summed E-state index contributed by atoms with van der Waals surface area (Å²) in [6.07, 6.45) is -2.71. The SMILES string of the molecule is Br.COC[C@H]1OC(O)[C@H](OC)[C@@H](OC)[C@@H]1OC. The van der Waals surface area contributed by atoms with Crippen LogP contribution in [0.1, 0.15) is 0 Å². The van der Waals surface area contributed by atoms with E-state index in [0.717, 1.165) is 0 Å². The molecule has 6 nitrogen and oxygen atoms in total. The second-order valence-corrected chi connectivity index (χ2v) is 3.62. The van der Waals surface area contributed by atoms with Crippen LogP contribution in [0.3, 0.4) is 0 Å². The molecule has 104 valence electrons. The minimum atomic E-state index is -1.04. The number of hydrogen-bond donors (Lipinski definition) is 1. The van der Waals surface area contributed by atoms with Crippen molar-refractivity contribution in [3.63, 3.8) is 0 Å². The molecule has 0 aromatic carbocycles. The topological polar surface area (TPSA) is 66.4 Å². The van der Waals surface area contributed by atoms with Crippen molar-refractivity contribution < 1.29 is 28.8 Å². The quantitative estimate of drug-likeness (QED) is 0.768. The summed E-state index contributed by atoms with van der Waals surface area (Å²) >= 11 is 0. The highest BCUT2D eigenvalue weighted by Crippen LogP contribution is 2.25. The van der Waals surface area contributed by atoms with Crippen molar-refractivity contribution in [1.29, 1.82) is 0 Å². The fraction of sp³-hybridized carbons (Fsp3) is 1.00. The third kappa shape index (κ3) is 3.85. The molecule has 1 N–H and O–H groups in total. The largest absolute Gasteiger partial charge is 0.382 e. The zero-order valence-electron chi connectivity index (χ0n) is 10.5. The molecule has 17 heavy (non-hydrogen) atoms. The summed E-state index contributed by atoms with van der Waals surface area (Å²) in [5, 5.41) is 9.74. The van der Waals surface area contributed by atoms with Gasteiger partial charge in [-0.05, 0) is 0 Å². The molecule has 0 aliphatic carbocycles. The lowest BCUT2D eigenvalue weighted by atomic mass is 9.98. The van der Waals surface area contributed by atoms with Gasteiger partial charge in [0.05, 0.1) is 6.61 Å². The predicted octanol–water partition coefficient (Wildman–Crippen LogP) is -0.0271. The number of aliphatic hydroxyl groups is 1. The molecule has 0 radical (unpaired) electrons. The Hall–Kier alpha value is 0.240. The van der Waals surface area contributed by atoms with Gasteiger partial charge in [-0.2, -0.15) is 0 Å². The van der Waals surface area contributed by atoms with Crippen LogP contribution in [0, 0.1) is 0 Å². The predicted molar refractivity (Wildman–Crippen MR) is 65.5 cm³/mol. The van der Waals surface area contributed by atoms with Crippen molar-refractivity contribution in [2.75, 3.05) is 35.0 Å². The molecule has 1 aliphatic rings. The highest BCUT2D eigenvalue weighted by atomic mass is 79.9. The van der Waals surface area contributed by atoms with Crippen molar-refractivity contribution in [1.82, 2.24) is 0 Å². The second-order valence-electron chi connectivity index (χ2n) is 3.62. The highest BCUT2D eigenvalue weighted by Gasteiger charge is 2.46. The minimum Gasteiger partial charge on any atom is -0.382 e. The Morgan fingerprint density at radius 2 is 1.47 bits per heavy atom. The molecule has 7 heteroatoms. The van der Waals surface area contributed by atoms with E-state index in [1.165, 1.54) is 7.11 Å². The van der Waals surface area contributed by atoms with Crippen LogP contribution in [-0.4, -0.2) is 70.9 Å². The smallest absolute Gasteiger partial charge is 0.184 e. The molecule has 0 saturated carbocycles. The van der Waals surface area contributed by atoms with Gasteiger partial charge in [0.15, 0.2) is 6.29 Å².